The van der Waals surface area contributed by atoms with Crippen molar-refractivity contribution in [2.45, 2.75) is 25.8 Å². The summed E-state index contributed by atoms with van der Waals surface area (Å²) in [4.78, 5) is 45.9. The molecule has 5 aromatic rings. The predicted molar refractivity (Wildman–Crippen MR) is 171 cm³/mol. The molecular formula is C34H33N5O4. The number of fused-ring (bicyclic) bond motifs is 1. The van der Waals surface area contributed by atoms with Gasteiger partial charge in [-0.2, -0.15) is 0 Å². The zero-order chi connectivity index (χ0) is 30.5. The smallest absolute Gasteiger partial charge is 0.271 e. The molecule has 0 aliphatic carbocycles. The highest BCUT2D eigenvalue weighted by atomic mass is 16.6. The van der Waals surface area contributed by atoms with Gasteiger partial charge in [0.15, 0.2) is 0 Å². The number of anilines is 3. The maximum Gasteiger partial charge on any atom is 0.271 e. The Morgan fingerprint density at radius 1 is 0.907 bits per heavy atom. The second-order valence-corrected chi connectivity index (χ2v) is 10.6. The van der Waals surface area contributed by atoms with Crippen molar-refractivity contribution in [2.24, 2.45) is 0 Å². The number of benzene rings is 4. The molecule has 2 N–H and O–H groups in total. The van der Waals surface area contributed by atoms with Gasteiger partial charge in [0.25, 0.3) is 11.6 Å². The molecule has 5 rings (SSSR count). The van der Waals surface area contributed by atoms with Crippen LogP contribution in [0.2, 0.25) is 0 Å². The van der Waals surface area contributed by atoms with Gasteiger partial charge in [0, 0.05) is 66.8 Å². The van der Waals surface area contributed by atoms with Crippen LogP contribution in [0.4, 0.5) is 22.7 Å². The molecular weight excluding hydrogens is 542 g/mol. The number of hydrogen-bond acceptors (Lipinski definition) is 5. The van der Waals surface area contributed by atoms with E-state index in [1.165, 1.54) is 23.1 Å². The number of non-ortho nitro benzene ring substituents is 1. The third-order valence-corrected chi connectivity index (χ3v) is 7.42. The van der Waals surface area contributed by atoms with Gasteiger partial charge in [0.05, 0.1) is 4.92 Å². The summed E-state index contributed by atoms with van der Waals surface area (Å²) in [5, 5.41) is 15.3. The number of rotatable bonds is 10. The summed E-state index contributed by atoms with van der Waals surface area (Å²) in [5.41, 5.74) is 5.27. The fourth-order valence-corrected chi connectivity index (χ4v) is 5.12. The molecule has 1 aromatic heterocycles. The van der Waals surface area contributed by atoms with Crippen LogP contribution in [0.3, 0.4) is 0 Å². The number of aromatic nitrogens is 1. The van der Waals surface area contributed by atoms with E-state index in [2.05, 4.69) is 10.3 Å². The van der Waals surface area contributed by atoms with Crippen LogP contribution in [0.5, 0.6) is 0 Å². The zero-order valence-electron chi connectivity index (χ0n) is 24.3. The monoisotopic (exact) mass is 575 g/mol. The molecule has 0 radical (unpaired) electrons. The second kappa shape index (κ2) is 12.6. The third-order valence-electron chi connectivity index (χ3n) is 7.42. The standard InChI is InChI=1S/C34H33N5O4/c1-23-11-16-28(17-12-23)38(32(40)20-15-25-22-35-31-10-5-4-9-30(25)31)33(24-13-18-27(19-14-24)37(2)3)34(41)36-26-7-6-8-29(21-26)39(42)43/h4-14,16-19,21-22,33,35H,15,20H2,1-3H3,(H,36,41)/t33-/m0/s1. The molecule has 0 aliphatic heterocycles. The number of carbonyl (C=O) groups excluding carboxylic acids is 2. The number of nitrogens with one attached hydrogen (secondary N) is 2. The fraction of sp³-hybridized carbons (Fsp3) is 0.176. The molecule has 1 atom stereocenters. The van der Waals surface area contributed by atoms with E-state index in [4.69, 9.17) is 0 Å². The number of amides is 2. The van der Waals surface area contributed by atoms with E-state index in [1.807, 2.05) is 105 Å². The Bertz CT molecular complexity index is 1760. The predicted octanol–water partition coefficient (Wildman–Crippen LogP) is 6.80. The molecule has 0 aliphatic rings. The molecule has 0 unspecified atom stereocenters. The lowest BCUT2D eigenvalue weighted by Crippen LogP contribution is -2.41. The Labute approximate surface area is 249 Å². The quantitative estimate of drug-likeness (QED) is 0.141. The lowest BCUT2D eigenvalue weighted by molar-refractivity contribution is -0.384. The summed E-state index contributed by atoms with van der Waals surface area (Å²) in [6.07, 6.45) is 2.55. The highest BCUT2D eigenvalue weighted by molar-refractivity contribution is 6.05. The van der Waals surface area contributed by atoms with Gasteiger partial charge in [-0.25, -0.2) is 0 Å². The number of aryl methyl sites for hydroxylation is 2. The first kappa shape index (κ1) is 29.1. The lowest BCUT2D eigenvalue weighted by Gasteiger charge is -2.32. The SMILES string of the molecule is Cc1ccc(N(C(=O)CCc2c[nH]c3ccccc23)[C@H](C(=O)Nc2cccc([N+](=O)[O-])c2)c2ccc(N(C)C)cc2)cc1. The van der Waals surface area contributed by atoms with E-state index in [0.717, 1.165) is 27.7 Å². The number of nitrogens with zero attached hydrogens (tertiary/aromatic N) is 3. The van der Waals surface area contributed by atoms with Crippen molar-refractivity contribution in [2.75, 3.05) is 29.2 Å². The van der Waals surface area contributed by atoms with E-state index in [9.17, 15) is 19.7 Å². The van der Waals surface area contributed by atoms with Crippen molar-refractivity contribution in [1.82, 2.24) is 4.98 Å². The minimum absolute atomic E-state index is 0.144. The van der Waals surface area contributed by atoms with Crippen molar-refractivity contribution in [1.29, 1.82) is 0 Å². The molecule has 2 amide bonds. The van der Waals surface area contributed by atoms with Gasteiger partial charge in [-0.15, -0.1) is 0 Å². The van der Waals surface area contributed by atoms with Crippen LogP contribution in [-0.2, 0) is 16.0 Å². The maximum absolute atomic E-state index is 14.2. The molecule has 0 bridgehead atoms. The number of hydrogen-bond donors (Lipinski definition) is 2. The summed E-state index contributed by atoms with van der Waals surface area (Å²) in [5.74, 6) is -0.718. The Morgan fingerprint density at radius 2 is 1.60 bits per heavy atom. The largest absolute Gasteiger partial charge is 0.378 e. The highest BCUT2D eigenvalue weighted by Gasteiger charge is 2.33. The average molecular weight is 576 g/mol. The Morgan fingerprint density at radius 3 is 2.30 bits per heavy atom. The molecule has 0 fully saturated rings. The molecule has 4 aromatic carbocycles. The van der Waals surface area contributed by atoms with Crippen molar-refractivity contribution >= 4 is 45.5 Å². The van der Waals surface area contributed by atoms with Gasteiger partial charge in [-0.3, -0.25) is 24.6 Å². The maximum atomic E-state index is 14.2. The van der Waals surface area contributed by atoms with Crippen LogP contribution < -0.4 is 15.1 Å². The van der Waals surface area contributed by atoms with Crippen LogP contribution in [0.15, 0.2) is 103 Å². The Kier molecular flexibility index (Phi) is 8.52. The van der Waals surface area contributed by atoms with Crippen molar-refractivity contribution < 1.29 is 14.5 Å². The normalized spacial score (nSPS) is 11.6. The first-order chi connectivity index (χ1) is 20.7. The van der Waals surface area contributed by atoms with Gasteiger partial charge < -0.3 is 15.2 Å². The Hall–Kier alpha value is -5.44. The first-order valence-corrected chi connectivity index (χ1v) is 14.0. The summed E-state index contributed by atoms with van der Waals surface area (Å²) >= 11 is 0. The molecule has 9 heteroatoms. The molecule has 43 heavy (non-hydrogen) atoms. The van der Waals surface area contributed by atoms with E-state index >= 15 is 0 Å². The van der Waals surface area contributed by atoms with Crippen molar-refractivity contribution in [3.05, 3.63) is 130 Å². The van der Waals surface area contributed by atoms with Gasteiger partial charge in [0.1, 0.15) is 6.04 Å². The zero-order valence-corrected chi connectivity index (χ0v) is 24.3. The van der Waals surface area contributed by atoms with E-state index < -0.39 is 16.9 Å². The number of para-hydroxylation sites is 1. The summed E-state index contributed by atoms with van der Waals surface area (Å²) in [6.45, 7) is 1.96. The number of carbonyl (C=O) groups is 2. The topological polar surface area (TPSA) is 112 Å². The molecule has 0 saturated carbocycles. The minimum atomic E-state index is -1.05. The Balaban J connectivity index is 1.54. The van der Waals surface area contributed by atoms with Gasteiger partial charge in [-0.1, -0.05) is 54.1 Å². The van der Waals surface area contributed by atoms with Crippen molar-refractivity contribution in [3.63, 3.8) is 0 Å². The van der Waals surface area contributed by atoms with Crippen LogP contribution in [0.1, 0.15) is 29.2 Å². The summed E-state index contributed by atoms with van der Waals surface area (Å²) in [6, 6.07) is 27.6. The number of aromatic amines is 1. The van der Waals surface area contributed by atoms with Crippen LogP contribution in [0.25, 0.3) is 10.9 Å². The minimum Gasteiger partial charge on any atom is -0.378 e. The number of nitro benzene ring substituents is 1. The van der Waals surface area contributed by atoms with E-state index in [0.29, 0.717) is 17.7 Å². The second-order valence-electron chi connectivity index (χ2n) is 10.6. The molecule has 1 heterocycles. The first-order valence-electron chi connectivity index (χ1n) is 14.0. The third kappa shape index (κ3) is 6.56. The van der Waals surface area contributed by atoms with E-state index in [-0.39, 0.29) is 23.7 Å². The number of nitro groups is 1. The van der Waals surface area contributed by atoms with Gasteiger partial charge in [0.2, 0.25) is 5.91 Å². The fourth-order valence-electron chi connectivity index (χ4n) is 5.12. The summed E-state index contributed by atoms with van der Waals surface area (Å²) < 4.78 is 0. The highest BCUT2D eigenvalue weighted by Crippen LogP contribution is 2.32. The average Bonchev–Trinajstić information content (AvgIpc) is 3.42. The molecule has 218 valence electrons. The number of H-pyrrole nitrogens is 1. The van der Waals surface area contributed by atoms with Gasteiger partial charge >= 0.3 is 0 Å². The van der Waals surface area contributed by atoms with Gasteiger partial charge in [-0.05, 0) is 60.9 Å². The van der Waals surface area contributed by atoms with Crippen LogP contribution >= 0.6 is 0 Å². The van der Waals surface area contributed by atoms with Crippen LogP contribution in [-0.4, -0.2) is 35.8 Å². The molecule has 9 nitrogen and oxygen atoms in total. The van der Waals surface area contributed by atoms with E-state index in [1.54, 1.807) is 6.07 Å². The summed E-state index contributed by atoms with van der Waals surface area (Å²) in [7, 11) is 3.85. The molecule has 0 saturated heterocycles. The molecule has 0 spiro atoms. The lowest BCUT2D eigenvalue weighted by atomic mass is 10.0. The van der Waals surface area contributed by atoms with Crippen LogP contribution in [0, 0.1) is 17.0 Å². The van der Waals surface area contributed by atoms with Crippen molar-refractivity contribution in [3.8, 4) is 0 Å².